The summed E-state index contributed by atoms with van der Waals surface area (Å²) in [6, 6.07) is 15.6. The van der Waals surface area contributed by atoms with Crippen LogP contribution in [0.4, 0.5) is 0 Å². The van der Waals surface area contributed by atoms with Gasteiger partial charge in [-0.05, 0) is 120 Å². The van der Waals surface area contributed by atoms with Crippen molar-refractivity contribution >= 4 is 66.7 Å². The average molecular weight is 751 g/mol. The van der Waals surface area contributed by atoms with Crippen LogP contribution in [-0.2, 0) is 0 Å². The quantitative estimate of drug-likeness (QED) is 0.0232. The molecular formula is C50H58N2O4. The molecule has 56 heavy (non-hydrogen) atoms. The van der Waals surface area contributed by atoms with Crippen molar-refractivity contribution in [1.82, 2.24) is 9.80 Å². The second-order valence-electron chi connectivity index (χ2n) is 16.5. The molecule has 5 aromatic carbocycles. The van der Waals surface area contributed by atoms with Crippen molar-refractivity contribution in [2.45, 2.75) is 117 Å². The average Bonchev–Trinajstić information content (AvgIpc) is 3.21. The van der Waals surface area contributed by atoms with Gasteiger partial charge in [0.15, 0.2) is 0 Å². The molecule has 0 aliphatic carbocycles. The van der Waals surface area contributed by atoms with E-state index >= 15 is 0 Å². The third-order valence-electron chi connectivity index (χ3n) is 12.7. The fraction of sp³-hybridized carbons (Fsp3) is 0.440. The lowest BCUT2D eigenvalue weighted by Crippen LogP contribution is -2.43. The molecular weight excluding hydrogens is 693 g/mol. The van der Waals surface area contributed by atoms with Gasteiger partial charge >= 0.3 is 0 Å². The van der Waals surface area contributed by atoms with E-state index in [2.05, 4.69) is 27.0 Å². The van der Waals surface area contributed by atoms with E-state index in [9.17, 15) is 19.2 Å². The van der Waals surface area contributed by atoms with Gasteiger partial charge in [-0.1, -0.05) is 102 Å². The molecule has 0 saturated carbocycles. The van der Waals surface area contributed by atoms with Crippen molar-refractivity contribution in [3.8, 4) is 0 Å². The number of allylic oxidation sites excluding steroid dienone is 2. The maximum absolute atomic E-state index is 14.3. The molecule has 2 unspecified atom stereocenters. The van der Waals surface area contributed by atoms with Crippen LogP contribution in [-0.4, -0.2) is 46.5 Å². The molecule has 4 amide bonds. The van der Waals surface area contributed by atoms with Crippen molar-refractivity contribution in [2.75, 3.05) is 13.1 Å². The molecule has 0 spiro atoms. The molecule has 2 heterocycles. The Morgan fingerprint density at radius 1 is 0.446 bits per heavy atom. The minimum Gasteiger partial charge on any atom is -0.274 e. The van der Waals surface area contributed by atoms with E-state index in [1.54, 1.807) is 0 Å². The Labute approximate surface area is 332 Å². The molecule has 0 N–H and O–H groups in total. The summed E-state index contributed by atoms with van der Waals surface area (Å²) >= 11 is 0. The molecule has 6 heteroatoms. The first-order chi connectivity index (χ1) is 27.3. The zero-order valence-corrected chi connectivity index (χ0v) is 33.6. The van der Waals surface area contributed by atoms with E-state index in [-0.39, 0.29) is 35.5 Å². The fourth-order valence-corrected chi connectivity index (χ4v) is 9.65. The first-order valence-electron chi connectivity index (χ1n) is 21.5. The third-order valence-corrected chi connectivity index (χ3v) is 12.7. The van der Waals surface area contributed by atoms with Crippen LogP contribution in [0.1, 0.15) is 158 Å². The third kappa shape index (κ3) is 7.28. The lowest BCUT2D eigenvalue weighted by Gasteiger charge is -2.32. The normalized spacial score (nSPS) is 15.2. The lowest BCUT2D eigenvalue weighted by molar-refractivity contribution is 0.0563. The van der Waals surface area contributed by atoms with Gasteiger partial charge in [0.25, 0.3) is 23.6 Å². The first kappa shape index (κ1) is 39.4. The van der Waals surface area contributed by atoms with Crippen LogP contribution in [0, 0.1) is 11.8 Å². The number of benzene rings is 5. The number of hydrogen-bond donors (Lipinski definition) is 0. The summed E-state index contributed by atoms with van der Waals surface area (Å²) in [5.41, 5.74) is 2.25. The van der Waals surface area contributed by atoms with Crippen molar-refractivity contribution in [1.29, 1.82) is 0 Å². The standard InChI is InChI=1S/C50H58N2O4/c1-5-9-13-15-17-21-33(19-11-7-3)31-51-47(53)39-27-23-35-37-25-29-41-46-42(30-26-38(44(37)46)36-24-28-40(48(51)54)45(39)43(35)36)50(56)52(49(41)55)32-34(20-12-8-4)22-18-16-14-10-6-2/h5-6,23-30,33-34H,1-2,7-22,31-32H2,3-4H3. The molecule has 2 aliphatic rings. The number of unbranched alkanes of at least 4 members (excludes halogenated alkanes) is 8. The Kier molecular flexibility index (Phi) is 12.3. The minimum atomic E-state index is -0.222. The van der Waals surface area contributed by atoms with Crippen molar-refractivity contribution in [3.63, 3.8) is 0 Å². The summed E-state index contributed by atoms with van der Waals surface area (Å²) in [5, 5.41) is 6.89. The van der Waals surface area contributed by atoms with E-state index in [0.717, 1.165) is 135 Å². The van der Waals surface area contributed by atoms with E-state index in [4.69, 9.17) is 0 Å². The molecule has 6 nitrogen and oxygen atoms in total. The SMILES string of the molecule is C=CCCCCCC(CCCC)CN1C(=O)c2ccc3c4ccc5c6c(ccc(c7ccc(c2c37)C1=O)c64)C(=O)N(CC(CCCC)CCCCCC=C)C5=O. The summed E-state index contributed by atoms with van der Waals surface area (Å²) in [6.07, 6.45) is 20.9. The second kappa shape index (κ2) is 17.5. The number of fused-ring (bicyclic) bond motifs is 2. The predicted octanol–water partition coefficient (Wildman–Crippen LogP) is 12.8. The molecule has 2 atom stereocenters. The first-order valence-corrected chi connectivity index (χ1v) is 21.5. The van der Waals surface area contributed by atoms with Crippen LogP contribution in [0.15, 0.2) is 73.8 Å². The maximum Gasteiger partial charge on any atom is 0.261 e. The number of imide groups is 2. The molecule has 0 fully saturated rings. The van der Waals surface area contributed by atoms with E-state index in [1.165, 1.54) is 9.80 Å². The topological polar surface area (TPSA) is 74.8 Å². The van der Waals surface area contributed by atoms with Gasteiger partial charge in [0.1, 0.15) is 0 Å². The Morgan fingerprint density at radius 3 is 1.07 bits per heavy atom. The van der Waals surface area contributed by atoms with Gasteiger partial charge in [-0.25, -0.2) is 0 Å². The Bertz CT molecular complexity index is 2020. The second-order valence-corrected chi connectivity index (χ2v) is 16.5. The minimum absolute atomic E-state index is 0.222. The van der Waals surface area contributed by atoms with Crippen molar-refractivity contribution in [2.24, 2.45) is 11.8 Å². The summed E-state index contributed by atoms with van der Waals surface area (Å²) in [6.45, 7) is 12.9. The summed E-state index contributed by atoms with van der Waals surface area (Å²) < 4.78 is 0. The highest BCUT2D eigenvalue weighted by molar-refractivity contribution is 6.41. The zero-order chi connectivity index (χ0) is 39.3. The van der Waals surface area contributed by atoms with E-state index < -0.39 is 0 Å². The van der Waals surface area contributed by atoms with Crippen LogP contribution >= 0.6 is 0 Å². The summed E-state index contributed by atoms with van der Waals surface area (Å²) in [4.78, 5) is 60.2. The predicted molar refractivity (Wildman–Crippen MR) is 231 cm³/mol. The van der Waals surface area contributed by atoms with Crippen LogP contribution in [0.3, 0.4) is 0 Å². The van der Waals surface area contributed by atoms with Crippen LogP contribution < -0.4 is 0 Å². The fourth-order valence-electron chi connectivity index (χ4n) is 9.65. The Morgan fingerprint density at radius 2 is 0.768 bits per heavy atom. The molecule has 0 saturated heterocycles. The van der Waals surface area contributed by atoms with Gasteiger partial charge in [-0.15, -0.1) is 13.2 Å². The number of amides is 4. The largest absolute Gasteiger partial charge is 0.274 e. The van der Waals surface area contributed by atoms with E-state index in [1.807, 2.05) is 60.7 Å². The van der Waals surface area contributed by atoms with Crippen LogP contribution in [0.2, 0.25) is 0 Å². The number of hydrogen-bond acceptors (Lipinski definition) is 4. The highest BCUT2D eigenvalue weighted by Gasteiger charge is 2.38. The number of carbonyl (C=O) groups is 4. The van der Waals surface area contributed by atoms with Crippen molar-refractivity contribution in [3.05, 3.63) is 96.1 Å². The number of rotatable bonds is 22. The molecule has 5 aromatic rings. The van der Waals surface area contributed by atoms with Crippen molar-refractivity contribution < 1.29 is 19.2 Å². The van der Waals surface area contributed by atoms with Crippen LogP contribution in [0.25, 0.3) is 43.1 Å². The Hall–Kier alpha value is -4.84. The molecule has 0 aromatic heterocycles. The highest BCUT2D eigenvalue weighted by Crippen LogP contribution is 2.46. The molecule has 0 bridgehead atoms. The van der Waals surface area contributed by atoms with E-state index in [0.29, 0.717) is 46.1 Å². The molecule has 292 valence electrons. The highest BCUT2D eigenvalue weighted by atomic mass is 16.2. The van der Waals surface area contributed by atoms with Crippen LogP contribution in [0.5, 0.6) is 0 Å². The number of nitrogens with zero attached hydrogens (tertiary/aromatic N) is 2. The summed E-state index contributed by atoms with van der Waals surface area (Å²) in [5.74, 6) is -0.352. The van der Waals surface area contributed by atoms with Gasteiger partial charge < -0.3 is 0 Å². The zero-order valence-electron chi connectivity index (χ0n) is 33.6. The van der Waals surface area contributed by atoms with Gasteiger partial charge in [-0.2, -0.15) is 0 Å². The molecule has 7 rings (SSSR count). The Balaban J connectivity index is 1.23. The monoisotopic (exact) mass is 750 g/mol. The molecule has 2 aliphatic heterocycles. The summed E-state index contributed by atoms with van der Waals surface area (Å²) in [7, 11) is 0. The van der Waals surface area contributed by atoms with Gasteiger partial charge in [-0.3, -0.25) is 29.0 Å². The van der Waals surface area contributed by atoms with Gasteiger partial charge in [0.05, 0.1) is 0 Å². The smallest absolute Gasteiger partial charge is 0.261 e. The molecule has 0 radical (unpaired) electrons. The lowest BCUT2D eigenvalue weighted by atomic mass is 9.82. The number of carbonyl (C=O) groups excluding carboxylic acids is 4. The van der Waals surface area contributed by atoms with Gasteiger partial charge in [0.2, 0.25) is 0 Å². The maximum atomic E-state index is 14.3. The van der Waals surface area contributed by atoms with Gasteiger partial charge in [0, 0.05) is 46.1 Å².